The van der Waals surface area contributed by atoms with Gasteiger partial charge in [-0.05, 0) is 43.0 Å². The predicted molar refractivity (Wildman–Crippen MR) is 142 cm³/mol. The summed E-state index contributed by atoms with van der Waals surface area (Å²) in [4.78, 5) is 19.6. The molecule has 2 aliphatic rings. The van der Waals surface area contributed by atoms with Crippen molar-refractivity contribution >= 4 is 60.6 Å². The predicted octanol–water partition coefficient (Wildman–Crippen LogP) is 5.48. The zero-order chi connectivity index (χ0) is 22.1. The van der Waals surface area contributed by atoms with Crippen LogP contribution >= 0.6 is 48.8 Å². The standard InChI is InChI=1S/C24H25FN4OS2.2ClH/c25-21-4-2-1-3-20(21)23(24(30)16-5-6-16)28-9-8-22(31)17(12-28)11-18-7-10-29(27-18)13-19-14-32-15-26-19;;/h1-4,7,10-11,14-16,22-23,31H,5-6,8-9,12-13H2;2*1H. The highest BCUT2D eigenvalue weighted by molar-refractivity contribution is 7.81. The molecular weight excluding hydrogens is 514 g/mol. The average Bonchev–Trinajstić information content (AvgIpc) is 3.35. The Labute approximate surface area is 220 Å². The van der Waals surface area contributed by atoms with Crippen LogP contribution in [0.15, 0.2) is 53.0 Å². The third-order valence-electron chi connectivity index (χ3n) is 6.12. The topological polar surface area (TPSA) is 51.0 Å². The highest BCUT2D eigenvalue weighted by atomic mass is 35.5. The van der Waals surface area contributed by atoms with Crippen molar-refractivity contribution in [2.24, 2.45) is 5.92 Å². The normalized spacial score (nSPS) is 20.4. The molecule has 0 bridgehead atoms. The highest BCUT2D eigenvalue weighted by Crippen LogP contribution is 2.39. The smallest absolute Gasteiger partial charge is 0.157 e. The molecule has 0 N–H and O–H groups in total. The number of carbonyl (C=O) groups is 1. The fourth-order valence-corrected chi connectivity index (χ4v) is 5.11. The van der Waals surface area contributed by atoms with Crippen LogP contribution in [-0.2, 0) is 11.3 Å². The van der Waals surface area contributed by atoms with Gasteiger partial charge in [0.2, 0.25) is 0 Å². The number of piperidine rings is 1. The zero-order valence-corrected chi connectivity index (χ0v) is 21.8. The summed E-state index contributed by atoms with van der Waals surface area (Å²) < 4.78 is 16.6. The van der Waals surface area contributed by atoms with Crippen molar-refractivity contribution < 1.29 is 9.18 Å². The Morgan fingerprint density at radius 2 is 2.03 bits per heavy atom. The molecule has 5 rings (SSSR count). The maximum absolute atomic E-state index is 14.7. The molecule has 182 valence electrons. The lowest BCUT2D eigenvalue weighted by atomic mass is 9.93. The number of halogens is 3. The number of rotatable bonds is 7. The van der Waals surface area contributed by atoms with E-state index in [1.807, 2.05) is 33.9 Å². The number of likely N-dealkylation sites (tertiary alicyclic amines) is 1. The second kappa shape index (κ2) is 11.8. The molecule has 0 amide bonds. The monoisotopic (exact) mass is 540 g/mol. The first-order valence-corrected chi connectivity index (χ1v) is 12.4. The number of benzene rings is 1. The number of ketones is 1. The Kier molecular flexibility index (Phi) is 9.34. The fourth-order valence-electron chi connectivity index (χ4n) is 4.29. The number of aromatic nitrogens is 3. The van der Waals surface area contributed by atoms with Crippen LogP contribution in [-0.4, -0.2) is 43.8 Å². The minimum absolute atomic E-state index is 0. The molecule has 1 saturated carbocycles. The number of Topliss-reactive ketones (excluding diaryl/α,β-unsaturated/α-hetero) is 1. The fraction of sp³-hybridized carbons (Fsp3) is 0.375. The zero-order valence-electron chi connectivity index (χ0n) is 18.4. The molecule has 1 aliphatic carbocycles. The van der Waals surface area contributed by atoms with Gasteiger partial charge in [-0.3, -0.25) is 14.4 Å². The second-order valence-corrected chi connectivity index (χ2v) is 9.85. The van der Waals surface area contributed by atoms with Gasteiger partial charge in [0, 0.05) is 41.4 Å². The summed E-state index contributed by atoms with van der Waals surface area (Å²) in [6.45, 7) is 1.92. The van der Waals surface area contributed by atoms with Crippen molar-refractivity contribution in [3.63, 3.8) is 0 Å². The summed E-state index contributed by atoms with van der Waals surface area (Å²) in [6, 6.07) is 8.10. The van der Waals surface area contributed by atoms with Crippen LogP contribution < -0.4 is 0 Å². The van der Waals surface area contributed by atoms with Crippen LogP contribution in [0.25, 0.3) is 6.08 Å². The lowest BCUT2D eigenvalue weighted by molar-refractivity contribution is -0.126. The summed E-state index contributed by atoms with van der Waals surface area (Å²) in [5, 5.41) is 6.76. The molecule has 1 aromatic carbocycles. The van der Waals surface area contributed by atoms with E-state index in [0.717, 1.165) is 36.2 Å². The van der Waals surface area contributed by atoms with Gasteiger partial charge in [0.25, 0.3) is 0 Å². The van der Waals surface area contributed by atoms with E-state index in [1.54, 1.807) is 23.5 Å². The van der Waals surface area contributed by atoms with Gasteiger partial charge < -0.3 is 0 Å². The number of hydrogen-bond acceptors (Lipinski definition) is 6. The van der Waals surface area contributed by atoms with Crippen LogP contribution in [0.4, 0.5) is 4.39 Å². The first kappa shape index (κ1) is 26.9. The molecule has 5 nitrogen and oxygen atoms in total. The van der Waals surface area contributed by atoms with Gasteiger partial charge in [-0.2, -0.15) is 17.7 Å². The van der Waals surface area contributed by atoms with Crippen molar-refractivity contribution in [3.8, 4) is 0 Å². The van der Waals surface area contributed by atoms with Gasteiger partial charge in [0.05, 0.1) is 29.5 Å². The molecule has 2 atom stereocenters. The Bertz CT molecular complexity index is 1130. The Balaban J connectivity index is 0.00000162. The van der Waals surface area contributed by atoms with Crippen molar-refractivity contribution in [1.82, 2.24) is 19.7 Å². The number of thiol groups is 1. The van der Waals surface area contributed by atoms with Crippen LogP contribution in [0.1, 0.15) is 42.3 Å². The van der Waals surface area contributed by atoms with E-state index in [-0.39, 0.29) is 47.6 Å². The molecule has 0 radical (unpaired) electrons. The first-order valence-electron chi connectivity index (χ1n) is 10.9. The third-order valence-corrected chi connectivity index (χ3v) is 7.34. The lowest BCUT2D eigenvalue weighted by Gasteiger charge is -2.37. The van der Waals surface area contributed by atoms with Crippen LogP contribution in [0, 0.1) is 11.7 Å². The Morgan fingerprint density at radius 3 is 2.74 bits per heavy atom. The minimum Gasteiger partial charge on any atom is -0.297 e. The minimum atomic E-state index is -0.546. The molecule has 1 saturated heterocycles. The van der Waals surface area contributed by atoms with Crippen molar-refractivity contribution in [2.45, 2.75) is 37.1 Å². The summed E-state index contributed by atoms with van der Waals surface area (Å²) >= 11 is 6.36. The van der Waals surface area contributed by atoms with E-state index in [4.69, 9.17) is 12.6 Å². The molecule has 3 heterocycles. The van der Waals surface area contributed by atoms with E-state index < -0.39 is 6.04 Å². The number of carbonyl (C=O) groups excluding carboxylic acids is 1. The Hall–Kier alpha value is -1.71. The molecule has 1 aliphatic heterocycles. The van der Waals surface area contributed by atoms with Gasteiger partial charge in [-0.25, -0.2) is 9.37 Å². The number of thiazole rings is 1. The summed E-state index contributed by atoms with van der Waals surface area (Å²) in [6.07, 6.45) is 6.62. The first-order chi connectivity index (χ1) is 15.6. The van der Waals surface area contributed by atoms with Crippen molar-refractivity contribution in [3.05, 3.63) is 75.8 Å². The molecule has 2 fully saturated rings. The van der Waals surface area contributed by atoms with E-state index in [9.17, 15) is 9.18 Å². The number of hydrogen-bond donors (Lipinski definition) is 1. The van der Waals surface area contributed by atoms with E-state index in [1.165, 1.54) is 6.07 Å². The summed E-state index contributed by atoms with van der Waals surface area (Å²) in [5.74, 6) is -0.118. The lowest BCUT2D eigenvalue weighted by Crippen LogP contribution is -2.42. The average molecular weight is 542 g/mol. The van der Waals surface area contributed by atoms with Gasteiger partial charge >= 0.3 is 0 Å². The van der Waals surface area contributed by atoms with E-state index in [0.29, 0.717) is 25.2 Å². The third kappa shape index (κ3) is 6.10. The van der Waals surface area contributed by atoms with Gasteiger partial charge in [-0.1, -0.05) is 18.2 Å². The van der Waals surface area contributed by atoms with Crippen LogP contribution in [0.5, 0.6) is 0 Å². The maximum Gasteiger partial charge on any atom is 0.157 e. The van der Waals surface area contributed by atoms with Crippen LogP contribution in [0.3, 0.4) is 0 Å². The van der Waals surface area contributed by atoms with Gasteiger partial charge in [0.1, 0.15) is 5.82 Å². The van der Waals surface area contributed by atoms with Crippen molar-refractivity contribution in [1.29, 1.82) is 0 Å². The Morgan fingerprint density at radius 1 is 1.24 bits per heavy atom. The molecular formula is C24H27Cl2FN4OS2. The molecule has 3 aromatic rings. The van der Waals surface area contributed by atoms with Gasteiger partial charge in [0.15, 0.2) is 5.78 Å². The largest absolute Gasteiger partial charge is 0.297 e. The van der Waals surface area contributed by atoms with Crippen LogP contribution in [0.2, 0.25) is 0 Å². The summed E-state index contributed by atoms with van der Waals surface area (Å²) in [5.41, 5.74) is 5.24. The molecule has 2 aromatic heterocycles. The van der Waals surface area contributed by atoms with E-state index in [2.05, 4.69) is 21.1 Å². The number of nitrogens with zero attached hydrogens (tertiary/aromatic N) is 4. The SMILES string of the molecule is Cl.Cl.O=C(C1CC1)C(c1ccccc1F)N1CCC(S)C(=Cc2ccn(Cc3cscn3)n2)C1. The molecule has 0 spiro atoms. The second-order valence-electron chi connectivity index (χ2n) is 8.51. The summed E-state index contributed by atoms with van der Waals surface area (Å²) in [7, 11) is 0. The van der Waals surface area contributed by atoms with E-state index >= 15 is 0 Å². The van der Waals surface area contributed by atoms with Crippen molar-refractivity contribution in [2.75, 3.05) is 13.1 Å². The van der Waals surface area contributed by atoms with Gasteiger partial charge in [-0.15, -0.1) is 36.2 Å². The molecule has 10 heteroatoms. The highest BCUT2D eigenvalue weighted by Gasteiger charge is 2.40. The maximum atomic E-state index is 14.7. The quantitative estimate of drug-likeness (QED) is 0.403. The molecule has 2 unspecified atom stereocenters. The molecule has 34 heavy (non-hydrogen) atoms.